The lowest BCUT2D eigenvalue weighted by Crippen LogP contribution is -2.53. The molecule has 2 aromatic rings. The Labute approximate surface area is 161 Å². The fourth-order valence-corrected chi connectivity index (χ4v) is 3.96. The molecule has 150 valence electrons. The zero-order valence-electron chi connectivity index (χ0n) is 15.3. The lowest BCUT2D eigenvalue weighted by molar-refractivity contribution is -0.119. The van der Waals surface area contributed by atoms with Gasteiger partial charge in [0.1, 0.15) is 5.75 Å². The molecule has 0 aliphatic carbocycles. The largest absolute Gasteiger partial charge is 0.496 e. The van der Waals surface area contributed by atoms with Crippen molar-refractivity contribution in [2.45, 2.75) is 4.75 Å². The van der Waals surface area contributed by atoms with Crippen molar-refractivity contribution in [2.24, 2.45) is 10.9 Å². The molecule has 0 saturated heterocycles. The van der Waals surface area contributed by atoms with Crippen LogP contribution in [-0.4, -0.2) is 46.6 Å². The Bertz CT molecular complexity index is 1000. The van der Waals surface area contributed by atoms with E-state index >= 15 is 0 Å². The maximum absolute atomic E-state index is 12.8. The molecular weight excluding hydrogens is 390 g/mol. The Hall–Kier alpha value is -3.18. The third kappa shape index (κ3) is 3.37. The number of primary amides is 1. The summed E-state index contributed by atoms with van der Waals surface area (Å²) in [4.78, 5) is 28.9. The third-order valence-electron chi connectivity index (χ3n) is 4.07. The number of nitrogens with zero attached hydrogens (tertiary/aromatic N) is 1. The van der Waals surface area contributed by atoms with Crippen LogP contribution in [0.15, 0.2) is 36.4 Å². The lowest BCUT2D eigenvalue weighted by Gasteiger charge is -2.30. The number of carbonyl (C=O) groups excluding carboxylic acids is 2. The van der Waals surface area contributed by atoms with Crippen LogP contribution in [0.1, 0.15) is 21.6 Å². The second-order valence-electron chi connectivity index (χ2n) is 5.56. The van der Waals surface area contributed by atoms with Crippen LogP contribution in [0.5, 0.6) is 11.6 Å². The van der Waals surface area contributed by atoms with Crippen molar-refractivity contribution in [2.75, 3.05) is 21.3 Å². The van der Waals surface area contributed by atoms with Crippen molar-refractivity contribution in [3.8, 4) is 11.6 Å². The average molecular weight is 409 g/mol. The van der Waals surface area contributed by atoms with E-state index in [0.29, 0.717) is 0 Å². The van der Waals surface area contributed by atoms with Crippen molar-refractivity contribution < 1.29 is 32.2 Å². The number of hydrogen-bond donors (Lipinski definition) is 2. The number of benzene rings is 1. The summed E-state index contributed by atoms with van der Waals surface area (Å²) in [5, 5.41) is 5.47. The van der Waals surface area contributed by atoms with Crippen molar-refractivity contribution in [3.05, 3.63) is 53.2 Å². The third-order valence-corrected chi connectivity index (χ3v) is 5.55. The Morgan fingerprint density at radius 1 is 1.07 bits per heavy atom. The number of esters is 1. The lowest BCUT2D eigenvalue weighted by atomic mass is 9.89. The number of carbonyl (C=O) groups is 2. The average Bonchev–Trinajstić information content (AvgIpc) is 2.66. The van der Waals surface area contributed by atoms with E-state index in [-0.39, 0.29) is 22.8 Å². The van der Waals surface area contributed by atoms with Crippen molar-refractivity contribution in [3.63, 3.8) is 0 Å². The van der Waals surface area contributed by atoms with Crippen LogP contribution >= 0.6 is 0 Å². The number of methoxy groups -OCH3 is 3. The minimum absolute atomic E-state index is 0.0563. The van der Waals surface area contributed by atoms with Crippen LogP contribution in [0.3, 0.4) is 0 Å². The molecular formula is C17H19N3O7S. The molecule has 0 spiro atoms. The van der Waals surface area contributed by atoms with Gasteiger partial charge in [0, 0.05) is 17.7 Å². The van der Waals surface area contributed by atoms with Gasteiger partial charge in [-0.1, -0.05) is 18.2 Å². The Kier molecular flexibility index (Phi) is 5.90. The van der Waals surface area contributed by atoms with E-state index in [0.717, 1.165) is 7.11 Å². The topological polar surface area (TPSA) is 161 Å². The molecule has 2 rings (SSSR count). The molecule has 0 radical (unpaired) electrons. The number of primary sulfonamides is 1. The van der Waals surface area contributed by atoms with Crippen molar-refractivity contribution in [1.29, 1.82) is 0 Å². The predicted molar refractivity (Wildman–Crippen MR) is 98.2 cm³/mol. The highest BCUT2D eigenvalue weighted by molar-refractivity contribution is 7.91. The first kappa shape index (κ1) is 21.1. The molecule has 11 heteroatoms. The number of rotatable bonds is 7. The van der Waals surface area contributed by atoms with Crippen LogP contribution in [0.25, 0.3) is 0 Å². The fourth-order valence-electron chi connectivity index (χ4n) is 2.80. The van der Waals surface area contributed by atoms with Crippen LogP contribution in [0, 0.1) is 0 Å². The normalized spacial score (nSPS) is 13.3. The maximum Gasteiger partial charge on any atom is 0.338 e. The minimum Gasteiger partial charge on any atom is -0.496 e. The van der Waals surface area contributed by atoms with Gasteiger partial charge in [-0.25, -0.2) is 23.3 Å². The number of sulfonamides is 1. The number of pyridine rings is 1. The van der Waals surface area contributed by atoms with E-state index in [9.17, 15) is 18.0 Å². The van der Waals surface area contributed by atoms with E-state index in [1.807, 2.05) is 0 Å². The van der Waals surface area contributed by atoms with Gasteiger partial charge in [0.15, 0.2) is 0 Å². The minimum atomic E-state index is -4.80. The summed E-state index contributed by atoms with van der Waals surface area (Å²) in [6.45, 7) is 0. The number of hydrogen-bond acceptors (Lipinski definition) is 8. The van der Waals surface area contributed by atoms with Crippen LogP contribution < -0.4 is 20.3 Å². The number of ether oxygens (including phenoxy) is 3. The summed E-state index contributed by atoms with van der Waals surface area (Å²) in [5.74, 6) is -2.18. The van der Waals surface area contributed by atoms with E-state index in [4.69, 9.17) is 25.1 Å². The van der Waals surface area contributed by atoms with Crippen molar-refractivity contribution in [1.82, 2.24) is 4.98 Å². The highest BCUT2D eigenvalue weighted by Crippen LogP contribution is 2.39. The molecule has 0 fully saturated rings. The molecule has 0 aliphatic heterocycles. The van der Waals surface area contributed by atoms with Gasteiger partial charge in [0.25, 0.3) is 5.91 Å². The second-order valence-corrected chi connectivity index (χ2v) is 7.26. The van der Waals surface area contributed by atoms with Gasteiger partial charge in [0.2, 0.25) is 20.7 Å². The molecule has 0 aliphatic rings. The summed E-state index contributed by atoms with van der Waals surface area (Å²) in [6, 6.07) is 7.93. The standard InChI is InChI=1S/C17H19N3O7S/c1-25-10-8-13(20-14(9-10)26-2)17(16(18)22,28(19,23)24)12-7-5-4-6-11(12)15(21)27-3/h4-9H,1-3H3,(H2,18,22)(H2,19,23,24). The number of aromatic nitrogens is 1. The van der Waals surface area contributed by atoms with Crippen LogP contribution in [0.4, 0.5) is 0 Å². The molecule has 10 nitrogen and oxygen atoms in total. The molecule has 0 saturated carbocycles. The molecule has 1 amide bonds. The van der Waals surface area contributed by atoms with E-state index in [1.165, 1.54) is 50.6 Å². The zero-order valence-corrected chi connectivity index (χ0v) is 16.1. The van der Waals surface area contributed by atoms with Gasteiger partial charge in [-0.15, -0.1) is 0 Å². The van der Waals surface area contributed by atoms with E-state index in [2.05, 4.69) is 4.98 Å². The molecule has 28 heavy (non-hydrogen) atoms. The molecule has 1 aromatic heterocycles. The highest BCUT2D eigenvalue weighted by atomic mass is 32.2. The van der Waals surface area contributed by atoms with Gasteiger partial charge in [-0.05, 0) is 6.07 Å². The highest BCUT2D eigenvalue weighted by Gasteiger charge is 2.54. The molecule has 1 aromatic carbocycles. The Balaban J connectivity index is 3.06. The van der Waals surface area contributed by atoms with E-state index in [1.54, 1.807) is 0 Å². The molecule has 1 heterocycles. The van der Waals surface area contributed by atoms with Gasteiger partial charge < -0.3 is 19.9 Å². The first-order valence-electron chi connectivity index (χ1n) is 7.74. The Morgan fingerprint density at radius 3 is 2.21 bits per heavy atom. The molecule has 0 bridgehead atoms. The van der Waals surface area contributed by atoms with E-state index < -0.39 is 32.3 Å². The quantitative estimate of drug-likeness (QED) is 0.599. The number of amides is 1. The predicted octanol–water partition coefficient (Wildman–Crippen LogP) is -0.0972. The molecule has 1 atom stereocenters. The SMILES string of the molecule is COC(=O)c1ccccc1C(C(N)=O)(c1cc(OC)cc(OC)n1)S(N)(=O)=O. The summed E-state index contributed by atoms with van der Waals surface area (Å²) >= 11 is 0. The maximum atomic E-state index is 12.8. The van der Waals surface area contributed by atoms with Crippen LogP contribution in [-0.2, 0) is 24.3 Å². The summed E-state index contributed by atoms with van der Waals surface area (Å²) in [6.07, 6.45) is 0. The van der Waals surface area contributed by atoms with Gasteiger partial charge >= 0.3 is 5.97 Å². The molecule has 1 unspecified atom stereocenters. The van der Waals surface area contributed by atoms with Gasteiger partial charge in [-0.3, -0.25) is 4.79 Å². The van der Waals surface area contributed by atoms with Gasteiger partial charge in [-0.2, -0.15) is 0 Å². The number of nitrogens with two attached hydrogens (primary N) is 2. The first-order chi connectivity index (χ1) is 13.1. The zero-order chi connectivity index (χ0) is 21.1. The summed E-state index contributed by atoms with van der Waals surface area (Å²) < 4.78 is 37.7. The monoisotopic (exact) mass is 409 g/mol. The fraction of sp³-hybridized carbons (Fsp3) is 0.235. The van der Waals surface area contributed by atoms with Gasteiger partial charge in [0.05, 0.1) is 32.6 Å². The molecule has 4 N–H and O–H groups in total. The summed E-state index contributed by atoms with van der Waals surface area (Å²) in [7, 11) is -1.08. The smallest absolute Gasteiger partial charge is 0.338 e. The van der Waals surface area contributed by atoms with Crippen LogP contribution in [0.2, 0.25) is 0 Å². The van der Waals surface area contributed by atoms with Crippen molar-refractivity contribution >= 4 is 21.9 Å². The first-order valence-corrected chi connectivity index (χ1v) is 9.28. The summed E-state index contributed by atoms with van der Waals surface area (Å²) in [5.41, 5.74) is 4.62. The second kappa shape index (κ2) is 7.82. The Morgan fingerprint density at radius 2 is 1.71 bits per heavy atom.